The van der Waals surface area contributed by atoms with E-state index in [2.05, 4.69) is 9.97 Å². The van der Waals surface area contributed by atoms with Gasteiger partial charge in [-0.2, -0.15) is 0 Å². The topological polar surface area (TPSA) is 72.8 Å². The van der Waals surface area contributed by atoms with Gasteiger partial charge in [0.25, 0.3) is 0 Å². The zero-order valence-electron chi connectivity index (χ0n) is 26.2. The minimum absolute atomic E-state index is 0.239. The standard InChI is InChI=1S/C19H18N4O2S/c1-13-17(20-8-7-18(13)25-2)12-26(24)19-21-15-6-5-14(11-16(15)22-19)23-9-3-4-10-23/h3-11H,12H2,1-2H3,(H,21,22)/i1D3,3D,4D,5D,6D,9D,10D,11D,12D2/hD. The summed E-state index contributed by atoms with van der Waals surface area (Å²) in [4.78, 5) is 8.02. The Balaban J connectivity index is 1.99. The second kappa shape index (κ2) is 6.76. The van der Waals surface area contributed by atoms with Gasteiger partial charge in [0.2, 0.25) is 0 Å². The Labute approximate surface area is 171 Å². The van der Waals surface area contributed by atoms with Crippen LogP contribution in [0.1, 0.15) is 27.7 Å². The third kappa shape index (κ3) is 3.01. The molecule has 1 atom stereocenters. The first-order chi connectivity index (χ1) is 18.0. The number of hydrogen-bond donors (Lipinski definition) is 1. The van der Waals surface area contributed by atoms with Crippen LogP contribution in [0.3, 0.4) is 0 Å². The summed E-state index contributed by atoms with van der Waals surface area (Å²) in [5, 5.41) is -0.832. The summed E-state index contributed by atoms with van der Waals surface area (Å²) in [6.45, 7) is -2.93. The number of imidazole rings is 1. The highest BCUT2D eigenvalue weighted by Gasteiger charge is 2.15. The quantitative estimate of drug-likeness (QED) is 0.577. The molecule has 4 aromatic rings. The van der Waals surface area contributed by atoms with Crippen molar-refractivity contribution in [3.8, 4) is 11.4 Å². The maximum Gasteiger partial charge on any atom is 0.197 e. The van der Waals surface area contributed by atoms with Crippen molar-refractivity contribution in [2.75, 3.05) is 7.11 Å². The van der Waals surface area contributed by atoms with Crippen LogP contribution >= 0.6 is 0 Å². The highest BCUT2D eigenvalue weighted by atomic mass is 32.2. The van der Waals surface area contributed by atoms with E-state index in [1.807, 2.05) is 0 Å². The summed E-state index contributed by atoms with van der Waals surface area (Å²) in [5.41, 5.74) is -6.04. The van der Waals surface area contributed by atoms with E-state index in [9.17, 15) is 4.21 Å². The summed E-state index contributed by atoms with van der Waals surface area (Å²) in [6.07, 6.45) is -0.338. The molecule has 0 saturated heterocycles. The van der Waals surface area contributed by atoms with Gasteiger partial charge >= 0.3 is 0 Å². The number of ether oxygens (including phenoxy) is 1. The third-order valence-electron chi connectivity index (χ3n) is 3.28. The first-order valence-corrected chi connectivity index (χ1v) is 8.26. The van der Waals surface area contributed by atoms with Gasteiger partial charge in [0, 0.05) is 36.6 Å². The molecule has 1 unspecified atom stereocenters. The first kappa shape index (κ1) is 7.36. The van der Waals surface area contributed by atoms with Gasteiger partial charge in [0.05, 0.1) is 49.9 Å². The Hall–Kier alpha value is -2.93. The van der Waals surface area contributed by atoms with Crippen molar-refractivity contribution in [3.05, 3.63) is 66.1 Å². The number of benzene rings is 1. The predicted molar refractivity (Wildman–Crippen MR) is 101 cm³/mol. The maximum absolute atomic E-state index is 13.5. The number of rotatable bonds is 5. The fourth-order valence-corrected chi connectivity index (χ4v) is 2.86. The average molecular weight is 380 g/mol. The van der Waals surface area contributed by atoms with Gasteiger partial charge in [-0.3, -0.25) is 9.19 Å². The molecule has 0 aliphatic rings. The summed E-state index contributed by atoms with van der Waals surface area (Å²) >= 11 is 0. The summed E-state index contributed by atoms with van der Waals surface area (Å²) < 4.78 is 125. The molecule has 26 heavy (non-hydrogen) atoms. The van der Waals surface area contributed by atoms with Crippen LogP contribution in [-0.2, 0) is 16.5 Å². The van der Waals surface area contributed by atoms with Crippen molar-refractivity contribution in [2.24, 2.45) is 0 Å². The molecule has 1 N–H and O–H groups in total. The molecular weight excluding hydrogens is 348 g/mol. The van der Waals surface area contributed by atoms with Gasteiger partial charge in [-0.25, -0.2) is 4.98 Å². The number of aromatic nitrogens is 4. The Morgan fingerprint density at radius 3 is 3.08 bits per heavy atom. The number of methoxy groups -OCH3 is 1. The average Bonchev–Trinajstić information content (AvgIpc) is 3.31. The predicted octanol–water partition coefficient (Wildman–Crippen LogP) is 3.37. The van der Waals surface area contributed by atoms with Gasteiger partial charge in [-0.05, 0) is 43.1 Å². The SMILES string of the molecule is [2H]c1c(-n2c([2H])c([2H])c([2H])c2[2H])c([2H])c2nc(S(=O)C([2H])([2H])c3nccc(OC)c3C([2H])([2H])[2H])n([2H])c2c1[2H]. The molecule has 4 rings (SSSR count). The number of hydrogen-bond acceptors (Lipinski definition) is 4. The lowest BCUT2D eigenvalue weighted by Crippen LogP contribution is -2.03. The molecule has 3 aromatic heterocycles. The number of nitrogens with zero attached hydrogens (tertiary/aromatic N) is 3. The minimum atomic E-state index is -3.07. The van der Waals surface area contributed by atoms with Crippen molar-refractivity contribution >= 4 is 21.8 Å². The first-order valence-electron chi connectivity index (χ1n) is 13.6. The molecule has 7 heteroatoms. The zero-order valence-corrected chi connectivity index (χ0v) is 14.0. The smallest absolute Gasteiger partial charge is 0.197 e. The Bertz CT molecular complexity index is 1650. The molecule has 0 spiro atoms. The maximum atomic E-state index is 13.5. The number of pyridine rings is 1. The van der Waals surface area contributed by atoms with Crippen molar-refractivity contribution in [2.45, 2.75) is 17.7 Å². The molecule has 0 bridgehead atoms. The van der Waals surface area contributed by atoms with Crippen molar-refractivity contribution in [3.63, 3.8) is 0 Å². The molecule has 1 aromatic carbocycles. The largest absolute Gasteiger partial charge is 0.496 e. The molecule has 6 nitrogen and oxygen atoms in total. The van der Waals surface area contributed by atoms with Crippen LogP contribution in [0.2, 0.25) is 1.41 Å². The highest BCUT2D eigenvalue weighted by Crippen LogP contribution is 2.22. The van der Waals surface area contributed by atoms with E-state index in [1.54, 1.807) is 0 Å². The van der Waals surface area contributed by atoms with Crippen molar-refractivity contribution in [1.29, 1.82) is 0 Å². The van der Waals surface area contributed by atoms with Gasteiger partial charge in [0.1, 0.15) is 5.75 Å². The second-order valence-electron chi connectivity index (χ2n) is 4.84. The zero-order chi connectivity index (χ0) is 29.4. The monoisotopic (exact) mass is 379 g/mol. The molecule has 0 saturated carbocycles. The molecule has 0 amide bonds. The van der Waals surface area contributed by atoms with Crippen LogP contribution in [0, 0.1) is 6.85 Å². The van der Waals surface area contributed by atoms with E-state index in [4.69, 9.17) is 22.6 Å². The van der Waals surface area contributed by atoms with Crippen LogP contribution in [0.4, 0.5) is 0 Å². The molecule has 132 valence electrons. The van der Waals surface area contributed by atoms with E-state index in [0.29, 0.717) is 9.54 Å². The van der Waals surface area contributed by atoms with Gasteiger partial charge in [0.15, 0.2) is 6.57 Å². The number of aromatic amines is 1. The molecule has 0 fully saturated rings. The van der Waals surface area contributed by atoms with Gasteiger partial charge < -0.3 is 14.3 Å². The van der Waals surface area contributed by atoms with Crippen LogP contribution < -0.4 is 4.74 Å². The Morgan fingerprint density at radius 2 is 2.31 bits per heavy atom. The normalized spacial score (nSPS) is 20.6. The molecule has 0 radical (unpaired) electrons. The number of fused-ring (bicyclic) bond motifs is 1. The molecule has 0 aliphatic heterocycles. The van der Waals surface area contributed by atoms with Crippen LogP contribution in [0.15, 0.2) is 60.0 Å². The van der Waals surface area contributed by atoms with Crippen LogP contribution in [-0.4, -0.2) is 30.8 Å². The summed E-state index contributed by atoms with van der Waals surface area (Å²) in [6, 6.07) is -2.31. The lowest BCUT2D eigenvalue weighted by Gasteiger charge is -2.08. The fraction of sp³-hybridized carbons (Fsp3) is 0.158. The van der Waals surface area contributed by atoms with E-state index < -0.39 is 99.0 Å². The third-order valence-corrected chi connectivity index (χ3v) is 4.18. The lowest BCUT2D eigenvalue weighted by molar-refractivity contribution is 0.410. The van der Waals surface area contributed by atoms with Gasteiger partial charge in [-0.1, -0.05) is 0 Å². The molecular formula is C19H18N4O2S. The van der Waals surface area contributed by atoms with Crippen molar-refractivity contribution in [1.82, 2.24) is 19.5 Å². The van der Waals surface area contributed by atoms with E-state index >= 15 is 0 Å². The van der Waals surface area contributed by atoms with Crippen LogP contribution in [0.25, 0.3) is 16.7 Å². The second-order valence-corrected chi connectivity index (χ2v) is 5.95. The van der Waals surface area contributed by atoms with Crippen LogP contribution in [0.5, 0.6) is 5.75 Å². The number of H-pyrrole nitrogens is 1. The van der Waals surface area contributed by atoms with E-state index in [1.165, 1.54) is 6.07 Å². The molecule has 0 aliphatic carbocycles. The minimum Gasteiger partial charge on any atom is -0.496 e. The Morgan fingerprint density at radius 1 is 1.46 bits per heavy atom. The van der Waals surface area contributed by atoms with E-state index in [0.717, 1.165) is 13.3 Å². The molecule has 3 heterocycles. The van der Waals surface area contributed by atoms with E-state index in [-0.39, 0.29) is 5.75 Å². The fourth-order valence-electron chi connectivity index (χ4n) is 2.09. The lowest BCUT2D eigenvalue weighted by atomic mass is 10.2. The van der Waals surface area contributed by atoms with Crippen molar-refractivity contribution < 1.29 is 26.8 Å². The highest BCUT2D eigenvalue weighted by molar-refractivity contribution is 7.84. The summed E-state index contributed by atoms with van der Waals surface area (Å²) in [5.74, 6) is -0.239. The van der Waals surface area contributed by atoms with Gasteiger partial charge in [-0.15, -0.1) is 0 Å². The Kier molecular flexibility index (Phi) is 1.91. The number of nitrogens with one attached hydrogen (secondary N) is 1. The summed E-state index contributed by atoms with van der Waals surface area (Å²) in [7, 11) is -1.80.